The maximum atomic E-state index is 13.7. The predicted molar refractivity (Wildman–Crippen MR) is 163 cm³/mol. The lowest BCUT2D eigenvalue weighted by molar-refractivity contribution is -0.140. The van der Waals surface area contributed by atoms with Crippen LogP contribution in [0, 0.1) is 0 Å². The van der Waals surface area contributed by atoms with Crippen molar-refractivity contribution in [2.75, 3.05) is 38.2 Å². The number of hydrogen-bond acceptors (Lipinski definition) is 8. The number of rotatable bonds is 9. The molecule has 4 N–H and O–H groups in total. The molecule has 0 spiro atoms. The van der Waals surface area contributed by atoms with Gasteiger partial charge in [0.25, 0.3) is 5.91 Å². The minimum absolute atomic E-state index is 0.0345. The number of fused-ring (bicyclic) bond motifs is 1. The number of hydrogen-bond donors (Lipinski definition) is 4. The van der Waals surface area contributed by atoms with E-state index >= 15 is 0 Å². The number of carbonyl (C=O) groups excluding carboxylic acids is 2. The van der Waals surface area contributed by atoms with Gasteiger partial charge in [0.15, 0.2) is 5.69 Å². The number of nitrogens with zero attached hydrogens (tertiary/aromatic N) is 3. The Hall–Kier alpha value is -4.34. The highest BCUT2D eigenvalue weighted by Gasteiger charge is 2.34. The molecule has 1 aromatic carbocycles. The van der Waals surface area contributed by atoms with Crippen molar-refractivity contribution in [3.05, 3.63) is 63.5 Å². The molecule has 1 aliphatic rings. The molecule has 1 fully saturated rings. The maximum absolute atomic E-state index is 13.7. The number of thiazole rings is 1. The molecule has 0 saturated carbocycles. The summed E-state index contributed by atoms with van der Waals surface area (Å²) in [6.45, 7) is 3.00. The van der Waals surface area contributed by atoms with Gasteiger partial charge in [-0.1, -0.05) is 13.0 Å². The van der Waals surface area contributed by atoms with Gasteiger partial charge in [-0.2, -0.15) is 13.2 Å². The molecule has 0 unspecified atom stereocenters. The first-order valence-corrected chi connectivity index (χ1v) is 15.2. The molecule has 4 heterocycles. The molecular weight excluding hydrogens is 613 g/mol. The standard InChI is InChI=1S/C30H31F3N6O5S/c1-2-7-35-29(43)38-25-13-19(28-37-24(16-45-28)30(31,32)33)21(14-36-25)17-3-4-23-20(12-17)26(41)22(27(42)34-8-9-40)15-39(23)18-5-10-44-11-6-18/h3-4,12-16,18,40H,2,5-11H2,1H3,(H,34,42)(H2,35,36,38,43). The minimum atomic E-state index is -4.66. The van der Waals surface area contributed by atoms with E-state index in [2.05, 4.69) is 25.9 Å². The Kier molecular flexibility index (Phi) is 9.80. The Bertz CT molecular complexity index is 1770. The van der Waals surface area contributed by atoms with Crippen molar-refractivity contribution < 1.29 is 32.6 Å². The Morgan fingerprint density at radius 2 is 1.91 bits per heavy atom. The third-order valence-electron chi connectivity index (χ3n) is 7.28. The van der Waals surface area contributed by atoms with Crippen LogP contribution in [0.5, 0.6) is 0 Å². The van der Waals surface area contributed by atoms with Crippen LogP contribution < -0.4 is 21.4 Å². The number of anilines is 1. The lowest BCUT2D eigenvalue weighted by atomic mass is 9.98. The second-order valence-corrected chi connectivity index (χ2v) is 11.2. The summed E-state index contributed by atoms with van der Waals surface area (Å²) in [4.78, 5) is 47.1. The number of ether oxygens (including phenoxy) is 1. The van der Waals surface area contributed by atoms with Gasteiger partial charge in [0.2, 0.25) is 5.43 Å². The van der Waals surface area contributed by atoms with Gasteiger partial charge in [0.05, 0.1) is 12.1 Å². The lowest BCUT2D eigenvalue weighted by Crippen LogP contribution is -2.32. The number of urea groups is 1. The van der Waals surface area contributed by atoms with E-state index in [4.69, 9.17) is 4.74 Å². The average molecular weight is 645 g/mol. The summed E-state index contributed by atoms with van der Waals surface area (Å²) < 4.78 is 47.8. The summed E-state index contributed by atoms with van der Waals surface area (Å²) in [5, 5.41) is 18.1. The van der Waals surface area contributed by atoms with Crippen LogP contribution in [-0.4, -0.2) is 64.5 Å². The third kappa shape index (κ3) is 7.16. The summed E-state index contributed by atoms with van der Waals surface area (Å²) in [5.41, 5.74) is -0.0618. The zero-order valence-corrected chi connectivity index (χ0v) is 25.1. The van der Waals surface area contributed by atoms with Crippen LogP contribution in [0.1, 0.15) is 48.3 Å². The van der Waals surface area contributed by atoms with Gasteiger partial charge < -0.3 is 25.0 Å². The van der Waals surface area contributed by atoms with Crippen molar-refractivity contribution in [1.29, 1.82) is 0 Å². The number of carbonyl (C=O) groups is 2. The van der Waals surface area contributed by atoms with Crippen molar-refractivity contribution >= 4 is 40.0 Å². The summed E-state index contributed by atoms with van der Waals surface area (Å²) in [6, 6.07) is 5.90. The number of nitrogens with one attached hydrogen (secondary N) is 3. The Morgan fingerprint density at radius 1 is 1.13 bits per heavy atom. The number of benzene rings is 1. The summed E-state index contributed by atoms with van der Waals surface area (Å²) in [5.74, 6) is -0.541. The fraction of sp³-hybridized carbons (Fsp3) is 0.367. The smallest absolute Gasteiger partial charge is 0.395 e. The van der Waals surface area contributed by atoms with E-state index in [1.54, 1.807) is 18.2 Å². The molecule has 3 amide bonds. The van der Waals surface area contributed by atoms with E-state index in [0.29, 0.717) is 55.7 Å². The first kappa shape index (κ1) is 32.1. The van der Waals surface area contributed by atoms with Gasteiger partial charge in [-0.3, -0.25) is 14.9 Å². The van der Waals surface area contributed by atoms with Crippen LogP contribution in [0.15, 0.2) is 46.8 Å². The van der Waals surface area contributed by atoms with Crippen LogP contribution >= 0.6 is 11.3 Å². The Morgan fingerprint density at radius 3 is 2.60 bits per heavy atom. The van der Waals surface area contributed by atoms with E-state index in [9.17, 15) is 32.7 Å². The zero-order chi connectivity index (χ0) is 32.1. The first-order chi connectivity index (χ1) is 21.6. The van der Waals surface area contributed by atoms with E-state index < -0.39 is 29.2 Å². The van der Waals surface area contributed by atoms with Crippen LogP contribution in [0.2, 0.25) is 0 Å². The number of pyridine rings is 2. The molecule has 238 valence electrons. The normalized spacial score (nSPS) is 14.0. The van der Waals surface area contributed by atoms with Gasteiger partial charge in [-0.15, -0.1) is 11.3 Å². The van der Waals surface area contributed by atoms with E-state index in [-0.39, 0.29) is 46.5 Å². The van der Waals surface area contributed by atoms with E-state index in [1.807, 2.05) is 11.5 Å². The largest absolute Gasteiger partial charge is 0.434 e. The minimum Gasteiger partial charge on any atom is -0.395 e. The SMILES string of the molecule is CCCNC(=O)Nc1cc(-c2nc(C(F)(F)F)cs2)c(-c2ccc3c(c2)c(=O)c(C(=O)NCCO)cn3C2CCOCC2)cn1. The number of amides is 3. The molecule has 4 aromatic rings. The van der Waals surface area contributed by atoms with Crippen LogP contribution in [0.4, 0.5) is 23.8 Å². The molecule has 11 nitrogen and oxygen atoms in total. The molecule has 3 aromatic heterocycles. The number of halogens is 3. The Labute approximate surface area is 259 Å². The number of aliphatic hydroxyl groups excluding tert-OH is 1. The van der Waals surface area contributed by atoms with E-state index in [1.165, 1.54) is 18.5 Å². The van der Waals surface area contributed by atoms with Crippen molar-refractivity contribution in [3.8, 4) is 21.7 Å². The highest BCUT2D eigenvalue weighted by molar-refractivity contribution is 7.13. The van der Waals surface area contributed by atoms with Crippen LogP contribution in [-0.2, 0) is 10.9 Å². The first-order valence-electron chi connectivity index (χ1n) is 14.3. The zero-order valence-electron chi connectivity index (χ0n) is 24.2. The monoisotopic (exact) mass is 644 g/mol. The lowest BCUT2D eigenvalue weighted by Gasteiger charge is -2.27. The third-order valence-corrected chi connectivity index (χ3v) is 8.15. The van der Waals surface area contributed by atoms with Gasteiger partial charge in [0, 0.05) is 66.6 Å². The predicted octanol–water partition coefficient (Wildman–Crippen LogP) is 4.81. The van der Waals surface area contributed by atoms with Gasteiger partial charge >= 0.3 is 12.2 Å². The average Bonchev–Trinajstić information content (AvgIpc) is 3.55. The molecule has 0 radical (unpaired) electrons. The molecule has 1 saturated heterocycles. The molecule has 0 aliphatic carbocycles. The van der Waals surface area contributed by atoms with Crippen LogP contribution in [0.3, 0.4) is 0 Å². The summed E-state index contributed by atoms with van der Waals surface area (Å²) >= 11 is 0.784. The molecule has 5 rings (SSSR count). The number of aromatic nitrogens is 3. The van der Waals surface area contributed by atoms with Gasteiger partial charge in [-0.25, -0.2) is 14.8 Å². The molecule has 45 heavy (non-hydrogen) atoms. The number of alkyl halides is 3. The highest BCUT2D eigenvalue weighted by atomic mass is 32.1. The molecule has 0 atom stereocenters. The highest BCUT2D eigenvalue weighted by Crippen LogP contribution is 2.39. The Balaban J connectivity index is 1.66. The molecule has 0 bridgehead atoms. The maximum Gasteiger partial charge on any atom is 0.434 e. The molecule has 1 aliphatic heterocycles. The summed E-state index contributed by atoms with van der Waals surface area (Å²) in [6.07, 6.45) is 0.296. The van der Waals surface area contributed by atoms with Crippen LogP contribution in [0.25, 0.3) is 32.6 Å². The fourth-order valence-electron chi connectivity index (χ4n) is 5.07. The molecule has 15 heteroatoms. The van der Waals surface area contributed by atoms with Crippen molar-refractivity contribution in [3.63, 3.8) is 0 Å². The van der Waals surface area contributed by atoms with Crippen molar-refractivity contribution in [1.82, 2.24) is 25.2 Å². The van der Waals surface area contributed by atoms with Crippen molar-refractivity contribution in [2.24, 2.45) is 0 Å². The summed E-state index contributed by atoms with van der Waals surface area (Å²) in [7, 11) is 0. The van der Waals surface area contributed by atoms with Gasteiger partial charge in [0.1, 0.15) is 16.4 Å². The van der Waals surface area contributed by atoms with Gasteiger partial charge in [-0.05, 0) is 43.0 Å². The molecular formula is C30H31F3N6O5S. The fourth-order valence-corrected chi connectivity index (χ4v) is 5.93. The number of aliphatic hydroxyl groups is 1. The topological polar surface area (TPSA) is 147 Å². The van der Waals surface area contributed by atoms with Crippen molar-refractivity contribution in [2.45, 2.75) is 38.4 Å². The second kappa shape index (κ2) is 13.7. The van der Waals surface area contributed by atoms with E-state index in [0.717, 1.165) is 16.7 Å². The second-order valence-electron chi connectivity index (χ2n) is 10.4. The quantitative estimate of drug-likeness (QED) is 0.205.